The first-order valence-electron chi connectivity index (χ1n) is 16.0. The zero-order valence-electron chi connectivity index (χ0n) is 26.0. The second-order valence-electron chi connectivity index (χ2n) is 11.9. The zero-order valence-corrected chi connectivity index (χ0v) is 26.0. The minimum atomic E-state index is 0.681. The van der Waals surface area contributed by atoms with Crippen LogP contribution in [0.5, 0.6) is 0 Å². The van der Waals surface area contributed by atoms with E-state index < -0.39 is 0 Å². The first kappa shape index (κ1) is 27.8. The molecule has 0 N–H and O–H groups in total. The van der Waals surface area contributed by atoms with Crippen molar-refractivity contribution < 1.29 is 0 Å². The lowest BCUT2D eigenvalue weighted by atomic mass is 9.89. The van der Waals surface area contributed by atoms with Crippen LogP contribution in [0.3, 0.4) is 0 Å². The third kappa shape index (κ3) is 4.79. The van der Waals surface area contributed by atoms with Crippen LogP contribution in [0, 0.1) is 0 Å². The zero-order chi connectivity index (χ0) is 31.9. The Labute approximate surface area is 278 Å². The van der Waals surface area contributed by atoms with Crippen LogP contribution >= 0.6 is 0 Å². The maximum atomic E-state index is 5.36. The molecule has 48 heavy (non-hydrogen) atoms. The summed E-state index contributed by atoms with van der Waals surface area (Å²) in [5.74, 6) is 0.681. The predicted molar refractivity (Wildman–Crippen MR) is 197 cm³/mol. The van der Waals surface area contributed by atoms with Crippen molar-refractivity contribution in [2.75, 3.05) is 0 Å². The predicted octanol–water partition coefficient (Wildman–Crippen LogP) is 11.1. The van der Waals surface area contributed by atoms with E-state index in [0.29, 0.717) is 5.82 Å². The Morgan fingerprint density at radius 2 is 0.938 bits per heavy atom. The standard InChI is InChI=1S/C44H28N4/c1-4-11-29(12-5-1)30-19-21-31(22-20-30)34-23-24-36-35(25-34)17-10-18-37(36)44-46-27-39-38-26-45-28-47-42(38)40(32-13-6-2-7-14-32)41(43(39)48-44)33-15-8-3-9-16-33/h1-28H. The van der Waals surface area contributed by atoms with E-state index in [-0.39, 0.29) is 0 Å². The lowest BCUT2D eigenvalue weighted by molar-refractivity contribution is 1.21. The molecule has 0 radical (unpaired) electrons. The summed E-state index contributed by atoms with van der Waals surface area (Å²) in [5, 5.41) is 4.10. The molecule has 9 aromatic rings. The second-order valence-corrected chi connectivity index (χ2v) is 11.9. The Morgan fingerprint density at radius 1 is 0.375 bits per heavy atom. The van der Waals surface area contributed by atoms with E-state index >= 15 is 0 Å². The van der Waals surface area contributed by atoms with Gasteiger partial charge in [-0.25, -0.2) is 19.9 Å². The molecule has 0 spiro atoms. The number of aromatic nitrogens is 4. The van der Waals surface area contributed by atoms with Gasteiger partial charge in [0.15, 0.2) is 5.82 Å². The van der Waals surface area contributed by atoms with Gasteiger partial charge in [0, 0.05) is 39.9 Å². The van der Waals surface area contributed by atoms with Gasteiger partial charge in [-0.1, -0.05) is 146 Å². The molecule has 0 aliphatic rings. The number of hydrogen-bond acceptors (Lipinski definition) is 4. The summed E-state index contributed by atoms with van der Waals surface area (Å²) in [5.41, 5.74) is 11.8. The molecule has 2 aromatic heterocycles. The summed E-state index contributed by atoms with van der Waals surface area (Å²) >= 11 is 0. The topological polar surface area (TPSA) is 51.6 Å². The maximum absolute atomic E-state index is 5.36. The first-order chi connectivity index (χ1) is 23.8. The maximum Gasteiger partial charge on any atom is 0.160 e. The van der Waals surface area contributed by atoms with Crippen LogP contribution in [0.1, 0.15) is 0 Å². The fourth-order valence-corrected chi connectivity index (χ4v) is 6.78. The Bertz CT molecular complexity index is 2580. The molecule has 4 heteroatoms. The van der Waals surface area contributed by atoms with E-state index in [1.54, 1.807) is 6.33 Å². The number of rotatable bonds is 5. The van der Waals surface area contributed by atoms with E-state index in [0.717, 1.165) is 60.4 Å². The summed E-state index contributed by atoms with van der Waals surface area (Å²) in [6.45, 7) is 0. The number of benzene rings is 7. The van der Waals surface area contributed by atoms with E-state index in [2.05, 4.69) is 138 Å². The Kier molecular flexibility index (Phi) is 6.76. The lowest BCUT2D eigenvalue weighted by Crippen LogP contribution is -1.98. The summed E-state index contributed by atoms with van der Waals surface area (Å²) < 4.78 is 0. The summed E-state index contributed by atoms with van der Waals surface area (Å²) in [7, 11) is 0. The van der Waals surface area contributed by atoms with Gasteiger partial charge in [-0.05, 0) is 50.2 Å². The smallest absolute Gasteiger partial charge is 0.160 e. The van der Waals surface area contributed by atoms with Gasteiger partial charge >= 0.3 is 0 Å². The highest BCUT2D eigenvalue weighted by atomic mass is 14.9. The molecule has 4 nitrogen and oxygen atoms in total. The van der Waals surface area contributed by atoms with Gasteiger partial charge in [-0.3, -0.25) is 0 Å². The molecule has 0 fully saturated rings. The molecule has 9 rings (SSSR count). The molecule has 0 bridgehead atoms. The van der Waals surface area contributed by atoms with E-state index in [1.165, 1.54) is 22.3 Å². The van der Waals surface area contributed by atoms with Crippen LogP contribution in [-0.2, 0) is 0 Å². The highest BCUT2D eigenvalue weighted by Crippen LogP contribution is 2.43. The Hall–Kier alpha value is -6.52. The van der Waals surface area contributed by atoms with E-state index in [9.17, 15) is 0 Å². The van der Waals surface area contributed by atoms with Crippen molar-refractivity contribution in [1.29, 1.82) is 0 Å². The molecular weight excluding hydrogens is 585 g/mol. The van der Waals surface area contributed by atoms with Crippen molar-refractivity contribution in [3.63, 3.8) is 0 Å². The van der Waals surface area contributed by atoms with Crippen LogP contribution in [-0.4, -0.2) is 19.9 Å². The van der Waals surface area contributed by atoms with Crippen molar-refractivity contribution >= 4 is 32.6 Å². The molecule has 0 aliphatic heterocycles. The molecule has 0 atom stereocenters. The molecule has 7 aromatic carbocycles. The van der Waals surface area contributed by atoms with Crippen LogP contribution in [0.4, 0.5) is 0 Å². The molecule has 0 aliphatic carbocycles. The van der Waals surface area contributed by atoms with Crippen molar-refractivity contribution in [3.05, 3.63) is 170 Å². The minimum absolute atomic E-state index is 0.681. The lowest BCUT2D eigenvalue weighted by Gasteiger charge is -2.17. The number of hydrogen-bond donors (Lipinski definition) is 0. The third-order valence-corrected chi connectivity index (χ3v) is 9.09. The quantitative estimate of drug-likeness (QED) is 0.181. The highest BCUT2D eigenvalue weighted by molar-refractivity contribution is 6.19. The molecular formula is C44H28N4. The van der Waals surface area contributed by atoms with Crippen molar-refractivity contribution in [2.45, 2.75) is 0 Å². The molecule has 224 valence electrons. The monoisotopic (exact) mass is 612 g/mol. The average molecular weight is 613 g/mol. The molecule has 0 unspecified atom stereocenters. The third-order valence-electron chi connectivity index (χ3n) is 9.09. The van der Waals surface area contributed by atoms with Crippen LogP contribution < -0.4 is 0 Å². The van der Waals surface area contributed by atoms with Crippen molar-refractivity contribution in [1.82, 2.24) is 19.9 Å². The average Bonchev–Trinajstić information content (AvgIpc) is 3.18. The van der Waals surface area contributed by atoms with E-state index in [4.69, 9.17) is 15.0 Å². The Morgan fingerprint density at radius 3 is 1.62 bits per heavy atom. The summed E-state index contributed by atoms with van der Waals surface area (Å²) in [4.78, 5) is 19.5. The molecule has 0 saturated carbocycles. The van der Waals surface area contributed by atoms with Gasteiger partial charge in [0.25, 0.3) is 0 Å². The van der Waals surface area contributed by atoms with Gasteiger partial charge in [0.05, 0.1) is 11.0 Å². The number of nitrogens with zero attached hydrogens (tertiary/aromatic N) is 4. The van der Waals surface area contributed by atoms with E-state index in [1.807, 2.05) is 30.6 Å². The van der Waals surface area contributed by atoms with Crippen LogP contribution in [0.2, 0.25) is 0 Å². The van der Waals surface area contributed by atoms with Gasteiger partial charge in [-0.2, -0.15) is 0 Å². The molecule has 0 saturated heterocycles. The second kappa shape index (κ2) is 11.7. The van der Waals surface area contributed by atoms with Crippen LogP contribution in [0.15, 0.2) is 170 Å². The highest BCUT2D eigenvalue weighted by Gasteiger charge is 2.21. The summed E-state index contributed by atoms with van der Waals surface area (Å²) in [6, 6.07) is 53.2. The normalized spacial score (nSPS) is 11.3. The van der Waals surface area contributed by atoms with Gasteiger partial charge in [0.2, 0.25) is 0 Å². The first-order valence-corrected chi connectivity index (χ1v) is 16.0. The SMILES string of the molecule is c1ccc(-c2ccc(-c3ccc4c(-c5ncc6c(n5)c(-c5ccccc5)c(-c5ccccc5)c5ncncc56)cccc4c3)cc2)cc1. The minimum Gasteiger partial charge on any atom is -0.244 e. The van der Waals surface area contributed by atoms with Gasteiger partial charge in [0.1, 0.15) is 6.33 Å². The van der Waals surface area contributed by atoms with Gasteiger partial charge in [-0.15, -0.1) is 0 Å². The van der Waals surface area contributed by atoms with Crippen molar-refractivity contribution in [2.24, 2.45) is 0 Å². The summed E-state index contributed by atoms with van der Waals surface area (Å²) in [6.07, 6.45) is 5.43. The van der Waals surface area contributed by atoms with Crippen LogP contribution in [0.25, 0.3) is 88.5 Å². The Balaban J connectivity index is 1.22. The molecule has 2 heterocycles. The molecule has 0 amide bonds. The fourth-order valence-electron chi connectivity index (χ4n) is 6.78. The van der Waals surface area contributed by atoms with Crippen molar-refractivity contribution in [3.8, 4) is 55.9 Å². The fraction of sp³-hybridized carbons (Fsp3) is 0. The number of fused-ring (bicyclic) bond motifs is 4. The van der Waals surface area contributed by atoms with Gasteiger partial charge < -0.3 is 0 Å². The largest absolute Gasteiger partial charge is 0.244 e.